The first kappa shape index (κ1) is 14.4. The van der Waals surface area contributed by atoms with E-state index in [0.717, 1.165) is 11.9 Å². The Kier molecular flexibility index (Phi) is 4.53. The highest BCUT2D eigenvalue weighted by atomic mass is 32.2. The summed E-state index contributed by atoms with van der Waals surface area (Å²) in [6.07, 6.45) is 3.06. The summed E-state index contributed by atoms with van der Waals surface area (Å²) in [4.78, 5) is 6.84. The fraction of sp³-hybridized carbons (Fsp3) is 0.700. The maximum absolute atomic E-state index is 11.0. The number of aliphatic hydroxyl groups excluding tert-OH is 1. The van der Waals surface area contributed by atoms with Gasteiger partial charge in [-0.25, -0.2) is 18.1 Å². The van der Waals surface area contributed by atoms with Crippen molar-refractivity contribution in [3.8, 4) is 0 Å². The van der Waals surface area contributed by atoms with E-state index in [1.54, 1.807) is 12.5 Å². The van der Waals surface area contributed by atoms with Gasteiger partial charge in [0.2, 0.25) is 10.0 Å². The minimum Gasteiger partial charge on any atom is -0.389 e. The van der Waals surface area contributed by atoms with Gasteiger partial charge in [0.05, 0.1) is 37.4 Å². The molecule has 3 atom stereocenters. The minimum absolute atomic E-state index is 0.0717. The smallest absolute Gasteiger partial charge is 0.208 e. The Balaban J connectivity index is 1.79. The second-order valence-corrected chi connectivity index (χ2v) is 6.38. The molecule has 8 nitrogen and oxygen atoms in total. The molecule has 0 unspecified atom stereocenters. The highest BCUT2D eigenvalue weighted by molar-refractivity contribution is 7.88. The van der Waals surface area contributed by atoms with Crippen molar-refractivity contribution in [3.63, 3.8) is 0 Å². The van der Waals surface area contributed by atoms with Crippen LogP contribution in [0, 0.1) is 0 Å². The zero-order valence-corrected chi connectivity index (χ0v) is 11.4. The van der Waals surface area contributed by atoms with Crippen LogP contribution in [0.2, 0.25) is 0 Å². The molecular formula is C10H18N4O4S. The number of nitrogens with one attached hydrogen (secondary N) is 3. The Labute approximate surface area is 111 Å². The van der Waals surface area contributed by atoms with E-state index < -0.39 is 22.2 Å². The standard InChI is InChI=1S/C10H18N4O4S/c1-19(16,17)14-4-9-10(15)8(5-18-9)12-3-7-2-11-6-13-7/h2,6,8-10,12,14-15H,3-5H2,1H3,(H,11,13)/t8-,9-,10+/m1/s1. The summed E-state index contributed by atoms with van der Waals surface area (Å²) in [5.41, 5.74) is 0.907. The lowest BCUT2D eigenvalue weighted by Gasteiger charge is -2.18. The van der Waals surface area contributed by atoms with Gasteiger partial charge >= 0.3 is 0 Å². The number of aromatic nitrogens is 2. The first-order chi connectivity index (χ1) is 8.96. The first-order valence-corrected chi connectivity index (χ1v) is 7.80. The average molecular weight is 290 g/mol. The summed E-state index contributed by atoms with van der Waals surface area (Å²) in [7, 11) is -3.28. The van der Waals surface area contributed by atoms with Crippen LogP contribution >= 0.6 is 0 Å². The molecule has 108 valence electrons. The van der Waals surface area contributed by atoms with E-state index in [1.165, 1.54) is 0 Å². The van der Waals surface area contributed by atoms with Gasteiger partial charge < -0.3 is 20.1 Å². The van der Waals surface area contributed by atoms with Gasteiger partial charge in [-0.05, 0) is 0 Å². The molecule has 9 heteroatoms. The monoisotopic (exact) mass is 290 g/mol. The quantitative estimate of drug-likeness (QED) is 0.490. The van der Waals surface area contributed by atoms with Gasteiger partial charge in [0.1, 0.15) is 0 Å². The molecule has 2 heterocycles. The zero-order valence-electron chi connectivity index (χ0n) is 10.5. The summed E-state index contributed by atoms with van der Waals surface area (Å²) in [6, 6.07) is -0.227. The second kappa shape index (κ2) is 5.97. The van der Waals surface area contributed by atoms with Gasteiger partial charge in [-0.1, -0.05) is 0 Å². The van der Waals surface area contributed by atoms with Crippen LogP contribution < -0.4 is 10.0 Å². The number of H-pyrrole nitrogens is 1. The highest BCUT2D eigenvalue weighted by Crippen LogP contribution is 2.14. The van der Waals surface area contributed by atoms with Gasteiger partial charge in [-0.15, -0.1) is 0 Å². The maximum Gasteiger partial charge on any atom is 0.208 e. The second-order valence-electron chi connectivity index (χ2n) is 4.55. The average Bonchev–Trinajstić information content (AvgIpc) is 2.93. The molecule has 0 aliphatic carbocycles. The predicted molar refractivity (Wildman–Crippen MR) is 67.8 cm³/mol. The Morgan fingerprint density at radius 2 is 2.42 bits per heavy atom. The van der Waals surface area contributed by atoms with E-state index in [2.05, 4.69) is 20.0 Å². The molecule has 19 heavy (non-hydrogen) atoms. The topological polar surface area (TPSA) is 116 Å². The normalized spacial score (nSPS) is 27.8. The van der Waals surface area contributed by atoms with Crippen LogP contribution in [-0.4, -0.2) is 61.1 Å². The molecule has 0 bridgehead atoms. The van der Waals surface area contributed by atoms with Gasteiger partial charge in [-0.2, -0.15) is 0 Å². The van der Waals surface area contributed by atoms with Crippen LogP contribution in [0.5, 0.6) is 0 Å². The van der Waals surface area contributed by atoms with Crippen LogP contribution in [0.4, 0.5) is 0 Å². The zero-order chi connectivity index (χ0) is 13.9. The van der Waals surface area contributed by atoms with E-state index >= 15 is 0 Å². The van der Waals surface area contributed by atoms with Crippen molar-refractivity contribution in [2.75, 3.05) is 19.4 Å². The minimum atomic E-state index is -3.28. The van der Waals surface area contributed by atoms with Crippen molar-refractivity contribution in [1.82, 2.24) is 20.0 Å². The molecule has 1 aromatic rings. The number of ether oxygens (including phenoxy) is 1. The third-order valence-electron chi connectivity index (χ3n) is 2.94. The van der Waals surface area contributed by atoms with Crippen molar-refractivity contribution in [1.29, 1.82) is 0 Å². The Morgan fingerprint density at radius 1 is 1.63 bits per heavy atom. The van der Waals surface area contributed by atoms with Crippen molar-refractivity contribution < 1.29 is 18.3 Å². The molecule has 1 saturated heterocycles. The highest BCUT2D eigenvalue weighted by Gasteiger charge is 2.35. The molecule has 0 saturated carbocycles. The lowest BCUT2D eigenvalue weighted by molar-refractivity contribution is 0.0444. The molecule has 4 N–H and O–H groups in total. The van der Waals surface area contributed by atoms with Crippen molar-refractivity contribution >= 4 is 10.0 Å². The molecule has 0 aromatic carbocycles. The van der Waals surface area contributed by atoms with Crippen molar-refractivity contribution in [2.24, 2.45) is 0 Å². The molecule has 1 aliphatic heterocycles. The predicted octanol–water partition coefficient (Wildman–Crippen LogP) is -1.82. The lowest BCUT2D eigenvalue weighted by atomic mass is 10.1. The van der Waals surface area contributed by atoms with Crippen LogP contribution in [-0.2, 0) is 21.3 Å². The van der Waals surface area contributed by atoms with Gasteiger partial charge in [-0.3, -0.25) is 0 Å². The third-order valence-corrected chi connectivity index (χ3v) is 3.63. The van der Waals surface area contributed by atoms with Gasteiger partial charge in [0, 0.05) is 25.0 Å². The first-order valence-electron chi connectivity index (χ1n) is 5.90. The Bertz CT molecular complexity index is 490. The van der Waals surface area contributed by atoms with Gasteiger partial charge in [0.25, 0.3) is 0 Å². The summed E-state index contributed by atoms with van der Waals surface area (Å²) in [5.74, 6) is 0. The summed E-state index contributed by atoms with van der Waals surface area (Å²) in [6.45, 7) is 0.949. The number of aromatic amines is 1. The van der Waals surface area contributed by atoms with E-state index in [4.69, 9.17) is 4.74 Å². The van der Waals surface area contributed by atoms with Gasteiger partial charge in [0.15, 0.2) is 0 Å². The summed E-state index contributed by atoms with van der Waals surface area (Å²) < 4.78 is 29.7. The van der Waals surface area contributed by atoms with E-state index in [-0.39, 0.29) is 12.6 Å². The molecule has 1 fully saturated rings. The number of aliphatic hydroxyl groups is 1. The van der Waals surface area contributed by atoms with Crippen molar-refractivity contribution in [3.05, 3.63) is 18.2 Å². The number of hydrogen-bond acceptors (Lipinski definition) is 6. The SMILES string of the molecule is CS(=O)(=O)NC[C@H]1OC[C@@H](NCc2cnc[nH]2)[C@@H]1O. The maximum atomic E-state index is 11.0. The molecule has 0 amide bonds. The fourth-order valence-corrected chi connectivity index (χ4v) is 2.37. The number of nitrogens with zero attached hydrogens (tertiary/aromatic N) is 1. The number of sulfonamides is 1. The summed E-state index contributed by atoms with van der Waals surface area (Å²) in [5, 5.41) is 13.2. The van der Waals surface area contributed by atoms with E-state index in [9.17, 15) is 13.5 Å². The van der Waals surface area contributed by atoms with E-state index in [0.29, 0.717) is 13.2 Å². The number of hydrogen-bond donors (Lipinski definition) is 4. The van der Waals surface area contributed by atoms with Crippen LogP contribution in [0.15, 0.2) is 12.5 Å². The number of rotatable bonds is 6. The third kappa shape index (κ3) is 4.25. The molecule has 0 spiro atoms. The van der Waals surface area contributed by atoms with Crippen LogP contribution in [0.25, 0.3) is 0 Å². The Morgan fingerprint density at radius 3 is 3.05 bits per heavy atom. The lowest BCUT2D eigenvalue weighted by Crippen LogP contribution is -2.44. The van der Waals surface area contributed by atoms with Crippen LogP contribution in [0.3, 0.4) is 0 Å². The van der Waals surface area contributed by atoms with Crippen molar-refractivity contribution in [2.45, 2.75) is 24.8 Å². The molecule has 2 rings (SSSR count). The molecule has 0 radical (unpaired) electrons. The summed E-state index contributed by atoms with van der Waals surface area (Å²) >= 11 is 0. The molecule has 1 aromatic heterocycles. The van der Waals surface area contributed by atoms with Crippen LogP contribution in [0.1, 0.15) is 5.69 Å². The number of imidazole rings is 1. The Hall–Kier alpha value is -1.00. The molecular weight excluding hydrogens is 272 g/mol. The molecule has 1 aliphatic rings. The fourth-order valence-electron chi connectivity index (χ4n) is 1.90. The largest absolute Gasteiger partial charge is 0.389 e. The van der Waals surface area contributed by atoms with E-state index in [1.807, 2.05) is 0 Å².